The van der Waals surface area contributed by atoms with E-state index in [4.69, 9.17) is 0 Å². The zero-order valence-electron chi connectivity index (χ0n) is 8.32. The molecule has 3 nitrogen and oxygen atoms in total. The maximum Gasteiger partial charge on any atom is 0.272 e. The summed E-state index contributed by atoms with van der Waals surface area (Å²) in [4.78, 5) is 14.6. The number of aromatic amines is 1. The van der Waals surface area contributed by atoms with Gasteiger partial charge in [0, 0.05) is 5.69 Å². The van der Waals surface area contributed by atoms with Gasteiger partial charge in [0.2, 0.25) is 0 Å². The summed E-state index contributed by atoms with van der Waals surface area (Å²) in [6.07, 6.45) is 0. The highest BCUT2D eigenvalue weighted by atomic mass is 16.1. The number of fused-ring (bicyclic) bond motifs is 3. The molecule has 0 bridgehead atoms. The number of nitrogens with one attached hydrogen (secondary N) is 1. The minimum Gasteiger partial charge on any atom is -0.319 e. The zero-order valence-corrected chi connectivity index (χ0v) is 8.32. The molecule has 3 heteroatoms. The Morgan fingerprint density at radius 3 is 2.73 bits per heavy atom. The van der Waals surface area contributed by atoms with Gasteiger partial charge in [-0.25, -0.2) is 0 Å². The van der Waals surface area contributed by atoms with Gasteiger partial charge in [-0.1, -0.05) is 12.1 Å². The zero-order chi connectivity index (χ0) is 10.4. The van der Waals surface area contributed by atoms with E-state index in [1.165, 1.54) is 0 Å². The first-order valence-corrected chi connectivity index (χ1v) is 4.86. The summed E-state index contributed by atoms with van der Waals surface area (Å²) in [5, 5.41) is 0. The van der Waals surface area contributed by atoms with Crippen LogP contribution in [0.15, 0.2) is 41.2 Å². The number of aryl methyl sites for hydroxylation is 1. The van der Waals surface area contributed by atoms with Crippen LogP contribution in [0.25, 0.3) is 16.6 Å². The molecule has 0 saturated heterocycles. The summed E-state index contributed by atoms with van der Waals surface area (Å²) < 4.78 is 1.98. The Labute approximate surface area is 86.0 Å². The van der Waals surface area contributed by atoms with Gasteiger partial charge in [-0.2, -0.15) is 0 Å². The van der Waals surface area contributed by atoms with Crippen LogP contribution in [0.2, 0.25) is 0 Å². The molecule has 74 valence electrons. The lowest BCUT2D eigenvalue weighted by Crippen LogP contribution is -2.10. The number of nitrogens with zero attached hydrogens (tertiary/aromatic N) is 1. The quantitative estimate of drug-likeness (QED) is 0.590. The molecule has 0 fully saturated rings. The topological polar surface area (TPSA) is 37.3 Å². The molecule has 0 amide bonds. The number of rotatable bonds is 0. The van der Waals surface area contributed by atoms with Gasteiger partial charge in [0.25, 0.3) is 5.56 Å². The molecule has 0 aliphatic heterocycles. The molecule has 3 rings (SSSR count). The Hall–Kier alpha value is -2.03. The maximum absolute atomic E-state index is 11.7. The van der Waals surface area contributed by atoms with E-state index in [1.807, 2.05) is 47.7 Å². The van der Waals surface area contributed by atoms with E-state index in [2.05, 4.69) is 4.98 Å². The van der Waals surface area contributed by atoms with Gasteiger partial charge in [-0.05, 0) is 31.2 Å². The smallest absolute Gasteiger partial charge is 0.272 e. The molecule has 2 heterocycles. The molecule has 15 heavy (non-hydrogen) atoms. The van der Waals surface area contributed by atoms with Crippen LogP contribution in [0.4, 0.5) is 0 Å². The largest absolute Gasteiger partial charge is 0.319 e. The molecule has 0 spiro atoms. The summed E-state index contributed by atoms with van der Waals surface area (Å²) in [6.45, 7) is 2.00. The van der Waals surface area contributed by atoms with Gasteiger partial charge in [0.15, 0.2) is 0 Å². The lowest BCUT2D eigenvalue weighted by Gasteiger charge is -2.03. The van der Waals surface area contributed by atoms with Crippen molar-refractivity contribution in [3.8, 4) is 0 Å². The highest BCUT2D eigenvalue weighted by Crippen LogP contribution is 2.14. The molecule has 2 aromatic heterocycles. The predicted octanol–water partition coefficient (Wildman–Crippen LogP) is 2.09. The average molecular weight is 198 g/mol. The Kier molecular flexibility index (Phi) is 1.51. The SMILES string of the molecule is Cc1ccc2c(=O)[nH]c3ccccc3n12. The fourth-order valence-electron chi connectivity index (χ4n) is 2.00. The molecule has 0 unspecified atom stereocenters. The average Bonchev–Trinajstić information content (AvgIpc) is 2.62. The molecule has 0 radical (unpaired) electrons. The highest BCUT2D eigenvalue weighted by Gasteiger charge is 2.05. The summed E-state index contributed by atoms with van der Waals surface area (Å²) >= 11 is 0. The summed E-state index contributed by atoms with van der Waals surface area (Å²) in [6, 6.07) is 11.6. The molecule has 1 N–H and O–H groups in total. The molecule has 1 aromatic carbocycles. The lowest BCUT2D eigenvalue weighted by atomic mass is 10.3. The van der Waals surface area contributed by atoms with Crippen molar-refractivity contribution in [3.63, 3.8) is 0 Å². The van der Waals surface area contributed by atoms with Crippen LogP contribution < -0.4 is 5.56 Å². The van der Waals surface area contributed by atoms with Gasteiger partial charge in [-0.3, -0.25) is 4.79 Å². The number of hydrogen-bond donors (Lipinski definition) is 1. The third kappa shape index (κ3) is 1.03. The summed E-state index contributed by atoms with van der Waals surface area (Å²) in [5.41, 5.74) is 3.64. The monoisotopic (exact) mass is 198 g/mol. The van der Waals surface area contributed by atoms with E-state index in [0.29, 0.717) is 5.52 Å². The molecule has 0 atom stereocenters. The fourth-order valence-corrected chi connectivity index (χ4v) is 2.00. The van der Waals surface area contributed by atoms with Crippen LogP contribution >= 0.6 is 0 Å². The lowest BCUT2D eigenvalue weighted by molar-refractivity contribution is 1.12. The van der Waals surface area contributed by atoms with Crippen molar-refractivity contribution in [3.05, 3.63) is 52.4 Å². The van der Waals surface area contributed by atoms with Crippen molar-refractivity contribution < 1.29 is 0 Å². The van der Waals surface area contributed by atoms with Crippen LogP contribution in [0.5, 0.6) is 0 Å². The molecular formula is C12H10N2O. The second-order valence-electron chi connectivity index (χ2n) is 3.67. The second-order valence-corrected chi connectivity index (χ2v) is 3.67. The number of aromatic nitrogens is 2. The molecule has 0 saturated carbocycles. The number of hydrogen-bond acceptors (Lipinski definition) is 1. The van der Waals surface area contributed by atoms with Crippen molar-refractivity contribution in [2.24, 2.45) is 0 Å². The minimum absolute atomic E-state index is 0.0400. The Morgan fingerprint density at radius 2 is 1.87 bits per heavy atom. The first-order chi connectivity index (χ1) is 7.27. The normalized spacial score (nSPS) is 11.3. The Balaban J connectivity index is 2.74. The third-order valence-corrected chi connectivity index (χ3v) is 2.70. The van der Waals surface area contributed by atoms with Gasteiger partial charge >= 0.3 is 0 Å². The van der Waals surface area contributed by atoms with E-state index in [0.717, 1.165) is 16.7 Å². The molecule has 0 aliphatic rings. The molecule has 0 aliphatic carbocycles. The van der Waals surface area contributed by atoms with Crippen LogP contribution in [0.1, 0.15) is 5.69 Å². The maximum atomic E-state index is 11.7. The number of para-hydroxylation sites is 2. The van der Waals surface area contributed by atoms with Gasteiger partial charge < -0.3 is 9.38 Å². The predicted molar refractivity (Wildman–Crippen MR) is 60.3 cm³/mol. The first-order valence-electron chi connectivity index (χ1n) is 4.86. The van der Waals surface area contributed by atoms with Crippen molar-refractivity contribution in [1.29, 1.82) is 0 Å². The van der Waals surface area contributed by atoms with Crippen LogP contribution in [0.3, 0.4) is 0 Å². The minimum atomic E-state index is -0.0400. The summed E-state index contributed by atoms with van der Waals surface area (Å²) in [5.74, 6) is 0. The fraction of sp³-hybridized carbons (Fsp3) is 0.0833. The standard InChI is InChI=1S/C12H10N2O/c1-8-6-7-11-12(15)13-9-4-2-3-5-10(9)14(8)11/h2-7H,1H3,(H,13,15). The van der Waals surface area contributed by atoms with Gasteiger partial charge in [-0.15, -0.1) is 0 Å². The van der Waals surface area contributed by atoms with Gasteiger partial charge in [0.1, 0.15) is 5.52 Å². The van der Waals surface area contributed by atoms with E-state index < -0.39 is 0 Å². The molecule has 3 aromatic rings. The van der Waals surface area contributed by atoms with Crippen LogP contribution in [-0.2, 0) is 0 Å². The highest BCUT2D eigenvalue weighted by molar-refractivity contribution is 5.78. The number of H-pyrrole nitrogens is 1. The van der Waals surface area contributed by atoms with Crippen molar-refractivity contribution in [2.75, 3.05) is 0 Å². The van der Waals surface area contributed by atoms with Crippen LogP contribution in [0, 0.1) is 6.92 Å². The van der Waals surface area contributed by atoms with E-state index in [-0.39, 0.29) is 5.56 Å². The van der Waals surface area contributed by atoms with E-state index in [9.17, 15) is 4.79 Å². The van der Waals surface area contributed by atoms with Crippen molar-refractivity contribution in [1.82, 2.24) is 9.38 Å². The summed E-state index contributed by atoms with van der Waals surface area (Å²) in [7, 11) is 0. The van der Waals surface area contributed by atoms with Crippen molar-refractivity contribution >= 4 is 16.6 Å². The van der Waals surface area contributed by atoms with E-state index >= 15 is 0 Å². The van der Waals surface area contributed by atoms with Gasteiger partial charge in [0.05, 0.1) is 11.0 Å². The Bertz CT molecular complexity index is 706. The Morgan fingerprint density at radius 1 is 1.07 bits per heavy atom. The second kappa shape index (κ2) is 2.73. The number of benzene rings is 1. The third-order valence-electron chi connectivity index (χ3n) is 2.70. The molecular weight excluding hydrogens is 188 g/mol. The van der Waals surface area contributed by atoms with Crippen molar-refractivity contribution in [2.45, 2.75) is 6.92 Å². The first kappa shape index (κ1) is 8.29. The van der Waals surface area contributed by atoms with Crippen LogP contribution in [-0.4, -0.2) is 9.38 Å². The van der Waals surface area contributed by atoms with E-state index in [1.54, 1.807) is 0 Å².